The Hall–Kier alpha value is -0.0800. The molecule has 0 aromatic heterocycles. The maximum atomic E-state index is 2.65. The van der Waals surface area contributed by atoms with E-state index in [1.54, 1.807) is 0 Å². The molecule has 2 atom stereocenters. The van der Waals surface area contributed by atoms with Crippen molar-refractivity contribution in [2.75, 3.05) is 26.2 Å². The fourth-order valence-corrected chi connectivity index (χ4v) is 3.41. The van der Waals surface area contributed by atoms with E-state index in [0.717, 1.165) is 18.0 Å². The normalized spacial score (nSPS) is 15.3. The van der Waals surface area contributed by atoms with Crippen molar-refractivity contribution in [2.45, 2.75) is 86.2 Å². The van der Waals surface area contributed by atoms with Gasteiger partial charge in [-0.05, 0) is 58.3 Å². The third kappa shape index (κ3) is 7.64. The molecule has 0 heterocycles. The Morgan fingerprint density at radius 1 is 0.700 bits per heavy atom. The van der Waals surface area contributed by atoms with Crippen LogP contribution in [0.1, 0.15) is 74.1 Å². The maximum absolute atomic E-state index is 2.65. The molecule has 0 radical (unpaired) electrons. The van der Waals surface area contributed by atoms with E-state index in [2.05, 4.69) is 58.3 Å². The molecule has 0 rings (SSSR count). The minimum absolute atomic E-state index is 0.737. The zero-order valence-corrected chi connectivity index (χ0v) is 15.3. The molecule has 20 heavy (non-hydrogen) atoms. The Balaban J connectivity index is 4.25. The molecule has 0 bridgehead atoms. The van der Waals surface area contributed by atoms with Crippen LogP contribution >= 0.6 is 0 Å². The fraction of sp³-hybridized carbons (Fsp3) is 1.00. The summed E-state index contributed by atoms with van der Waals surface area (Å²) < 4.78 is 0. The molecule has 0 saturated heterocycles. The first kappa shape index (κ1) is 19.9. The van der Waals surface area contributed by atoms with Gasteiger partial charge < -0.3 is 9.80 Å². The Bertz CT molecular complexity index is 207. The third-order valence-electron chi connectivity index (χ3n) is 4.67. The SMILES string of the molecule is CCN(CC)C(C)CCCC(CC(C)C)N(CC)CC. The Morgan fingerprint density at radius 3 is 1.60 bits per heavy atom. The standard InChI is InChI=1S/C18H40N2/c1-8-19(9-2)17(7)13-12-14-18(15-16(5)6)20(10-3)11-4/h16-18H,8-15H2,1-7H3. The number of nitrogens with zero attached hydrogens (tertiary/aromatic N) is 2. The highest BCUT2D eigenvalue weighted by molar-refractivity contribution is 4.73. The summed E-state index contributed by atoms with van der Waals surface area (Å²) in [4.78, 5) is 5.23. The van der Waals surface area contributed by atoms with Crippen molar-refractivity contribution in [3.05, 3.63) is 0 Å². The van der Waals surface area contributed by atoms with Crippen molar-refractivity contribution >= 4 is 0 Å². The second kappa shape index (κ2) is 11.6. The topological polar surface area (TPSA) is 6.48 Å². The molecule has 122 valence electrons. The molecule has 0 aromatic rings. The average molecular weight is 285 g/mol. The molecule has 2 nitrogen and oxygen atoms in total. The first-order valence-corrected chi connectivity index (χ1v) is 8.97. The van der Waals surface area contributed by atoms with E-state index in [-0.39, 0.29) is 0 Å². The van der Waals surface area contributed by atoms with Crippen LogP contribution in [0.4, 0.5) is 0 Å². The van der Waals surface area contributed by atoms with E-state index in [9.17, 15) is 0 Å². The molecule has 0 aromatic carbocycles. The third-order valence-corrected chi connectivity index (χ3v) is 4.67. The largest absolute Gasteiger partial charge is 0.301 e. The molecule has 0 aliphatic carbocycles. The van der Waals surface area contributed by atoms with Crippen LogP contribution in [0.2, 0.25) is 0 Å². The van der Waals surface area contributed by atoms with Crippen molar-refractivity contribution in [1.82, 2.24) is 9.80 Å². The van der Waals surface area contributed by atoms with Crippen LogP contribution in [0.3, 0.4) is 0 Å². The van der Waals surface area contributed by atoms with Gasteiger partial charge >= 0.3 is 0 Å². The summed E-state index contributed by atoms with van der Waals surface area (Å²) in [6.45, 7) is 21.0. The summed E-state index contributed by atoms with van der Waals surface area (Å²) in [5, 5.41) is 0. The summed E-state index contributed by atoms with van der Waals surface area (Å²) in [6, 6.07) is 1.52. The first-order valence-electron chi connectivity index (χ1n) is 8.97. The summed E-state index contributed by atoms with van der Waals surface area (Å²) in [7, 11) is 0. The van der Waals surface area contributed by atoms with Crippen LogP contribution in [-0.2, 0) is 0 Å². The molecule has 2 heteroatoms. The van der Waals surface area contributed by atoms with E-state index in [4.69, 9.17) is 0 Å². The van der Waals surface area contributed by atoms with Crippen LogP contribution in [0.25, 0.3) is 0 Å². The van der Waals surface area contributed by atoms with E-state index >= 15 is 0 Å². The van der Waals surface area contributed by atoms with Gasteiger partial charge in [0.25, 0.3) is 0 Å². The number of hydrogen-bond donors (Lipinski definition) is 0. The van der Waals surface area contributed by atoms with Gasteiger partial charge in [0, 0.05) is 12.1 Å². The summed E-state index contributed by atoms with van der Waals surface area (Å²) in [5.41, 5.74) is 0. The van der Waals surface area contributed by atoms with Gasteiger partial charge in [0.2, 0.25) is 0 Å². The molecule has 0 amide bonds. The van der Waals surface area contributed by atoms with Crippen LogP contribution in [0.15, 0.2) is 0 Å². The van der Waals surface area contributed by atoms with Crippen LogP contribution in [0, 0.1) is 5.92 Å². The monoisotopic (exact) mass is 284 g/mol. The quantitative estimate of drug-likeness (QED) is 0.515. The molecule has 0 fully saturated rings. The van der Waals surface area contributed by atoms with Gasteiger partial charge in [-0.1, -0.05) is 48.0 Å². The van der Waals surface area contributed by atoms with Crippen molar-refractivity contribution in [1.29, 1.82) is 0 Å². The lowest BCUT2D eigenvalue weighted by molar-refractivity contribution is 0.167. The maximum Gasteiger partial charge on any atom is 0.00974 e. The Morgan fingerprint density at radius 2 is 1.20 bits per heavy atom. The zero-order valence-electron chi connectivity index (χ0n) is 15.3. The molecule has 0 aliphatic heterocycles. The van der Waals surface area contributed by atoms with Gasteiger partial charge in [0.1, 0.15) is 0 Å². The van der Waals surface area contributed by atoms with Gasteiger partial charge in [-0.15, -0.1) is 0 Å². The molecular weight excluding hydrogens is 244 g/mol. The van der Waals surface area contributed by atoms with E-state index < -0.39 is 0 Å². The minimum atomic E-state index is 0.737. The fourth-order valence-electron chi connectivity index (χ4n) is 3.41. The zero-order chi connectivity index (χ0) is 15.5. The second-order valence-corrected chi connectivity index (χ2v) is 6.51. The predicted molar refractivity (Wildman–Crippen MR) is 92.4 cm³/mol. The van der Waals surface area contributed by atoms with Gasteiger partial charge in [-0.3, -0.25) is 0 Å². The van der Waals surface area contributed by atoms with E-state index in [1.165, 1.54) is 51.9 Å². The summed E-state index contributed by atoms with van der Waals surface area (Å²) in [5.74, 6) is 0.806. The highest BCUT2D eigenvalue weighted by Gasteiger charge is 2.18. The van der Waals surface area contributed by atoms with Crippen LogP contribution < -0.4 is 0 Å². The van der Waals surface area contributed by atoms with Crippen molar-refractivity contribution in [3.8, 4) is 0 Å². The smallest absolute Gasteiger partial charge is 0.00974 e. The average Bonchev–Trinajstić information content (AvgIpc) is 2.40. The van der Waals surface area contributed by atoms with Crippen molar-refractivity contribution in [2.24, 2.45) is 5.92 Å². The molecular formula is C18H40N2. The van der Waals surface area contributed by atoms with Gasteiger partial charge in [0.05, 0.1) is 0 Å². The van der Waals surface area contributed by atoms with Gasteiger partial charge in [-0.25, -0.2) is 0 Å². The minimum Gasteiger partial charge on any atom is -0.301 e. The molecule has 2 unspecified atom stereocenters. The number of rotatable bonds is 12. The highest BCUT2D eigenvalue weighted by Crippen LogP contribution is 2.19. The Kier molecular flexibility index (Phi) is 11.5. The highest BCUT2D eigenvalue weighted by atomic mass is 15.1. The lowest BCUT2D eigenvalue weighted by atomic mass is 9.96. The lowest BCUT2D eigenvalue weighted by Crippen LogP contribution is -2.37. The molecule has 0 spiro atoms. The lowest BCUT2D eigenvalue weighted by Gasteiger charge is -2.32. The summed E-state index contributed by atoms with van der Waals surface area (Å²) >= 11 is 0. The van der Waals surface area contributed by atoms with E-state index in [0.29, 0.717) is 0 Å². The van der Waals surface area contributed by atoms with Crippen LogP contribution in [0.5, 0.6) is 0 Å². The van der Waals surface area contributed by atoms with Crippen molar-refractivity contribution in [3.63, 3.8) is 0 Å². The van der Waals surface area contributed by atoms with Gasteiger partial charge in [-0.2, -0.15) is 0 Å². The van der Waals surface area contributed by atoms with Gasteiger partial charge in [0.15, 0.2) is 0 Å². The molecule has 0 N–H and O–H groups in total. The second-order valence-electron chi connectivity index (χ2n) is 6.51. The van der Waals surface area contributed by atoms with E-state index in [1.807, 2.05) is 0 Å². The first-order chi connectivity index (χ1) is 9.49. The molecule has 0 saturated carbocycles. The van der Waals surface area contributed by atoms with Crippen molar-refractivity contribution < 1.29 is 0 Å². The molecule has 0 aliphatic rings. The predicted octanol–water partition coefficient (Wildman–Crippen LogP) is 4.64. The van der Waals surface area contributed by atoms with Crippen LogP contribution in [-0.4, -0.2) is 48.1 Å². The number of hydrogen-bond acceptors (Lipinski definition) is 2. The Labute approximate surface area is 128 Å². The summed E-state index contributed by atoms with van der Waals surface area (Å²) in [6.07, 6.45) is 5.43.